The minimum atomic E-state index is 0.696. The standard InChI is InChI=1S/C12H23N/c1-3-4-11-9-13-8-7-12(11,2)10-5-6-10/h10-11,13H,3-9H2,1-2H3. The van der Waals surface area contributed by atoms with E-state index in [4.69, 9.17) is 0 Å². The molecule has 0 bridgehead atoms. The summed E-state index contributed by atoms with van der Waals surface area (Å²) in [5.74, 6) is 2.03. The van der Waals surface area contributed by atoms with Crippen LogP contribution in [0.15, 0.2) is 0 Å². The summed E-state index contributed by atoms with van der Waals surface area (Å²) in [6.45, 7) is 7.40. The fraction of sp³-hybridized carbons (Fsp3) is 1.00. The molecule has 1 saturated carbocycles. The van der Waals surface area contributed by atoms with Crippen molar-refractivity contribution in [1.82, 2.24) is 5.32 Å². The van der Waals surface area contributed by atoms with E-state index in [1.807, 2.05) is 0 Å². The Hall–Kier alpha value is -0.0400. The van der Waals surface area contributed by atoms with Gasteiger partial charge in [-0.25, -0.2) is 0 Å². The lowest BCUT2D eigenvalue weighted by Gasteiger charge is -2.42. The highest BCUT2D eigenvalue weighted by molar-refractivity contribution is 4.98. The normalized spacial score (nSPS) is 40.6. The van der Waals surface area contributed by atoms with Crippen molar-refractivity contribution in [3.8, 4) is 0 Å². The van der Waals surface area contributed by atoms with E-state index in [0.29, 0.717) is 5.41 Å². The van der Waals surface area contributed by atoms with Gasteiger partial charge in [-0.3, -0.25) is 0 Å². The van der Waals surface area contributed by atoms with Gasteiger partial charge in [0.05, 0.1) is 0 Å². The largest absolute Gasteiger partial charge is 0.316 e. The van der Waals surface area contributed by atoms with Gasteiger partial charge in [0.1, 0.15) is 0 Å². The zero-order chi connectivity index (χ0) is 9.31. The maximum absolute atomic E-state index is 3.56. The van der Waals surface area contributed by atoms with Gasteiger partial charge in [-0.1, -0.05) is 20.3 Å². The van der Waals surface area contributed by atoms with Crippen LogP contribution in [0.25, 0.3) is 0 Å². The minimum absolute atomic E-state index is 0.696. The third kappa shape index (κ3) is 1.76. The second kappa shape index (κ2) is 3.61. The van der Waals surface area contributed by atoms with Gasteiger partial charge < -0.3 is 5.32 Å². The van der Waals surface area contributed by atoms with Crippen LogP contribution in [0.4, 0.5) is 0 Å². The van der Waals surface area contributed by atoms with Crippen molar-refractivity contribution in [1.29, 1.82) is 0 Å². The number of piperidine rings is 1. The molecule has 1 heterocycles. The van der Waals surface area contributed by atoms with E-state index in [0.717, 1.165) is 11.8 Å². The SMILES string of the molecule is CCCC1CNCCC1(C)C1CC1. The first-order chi connectivity index (χ1) is 6.27. The molecule has 0 aromatic heterocycles. The summed E-state index contributed by atoms with van der Waals surface area (Å²) >= 11 is 0. The lowest BCUT2D eigenvalue weighted by Crippen LogP contribution is -2.44. The van der Waals surface area contributed by atoms with Gasteiger partial charge >= 0.3 is 0 Å². The van der Waals surface area contributed by atoms with Crippen molar-refractivity contribution in [3.63, 3.8) is 0 Å². The van der Waals surface area contributed by atoms with Crippen molar-refractivity contribution >= 4 is 0 Å². The Balaban J connectivity index is 2.02. The van der Waals surface area contributed by atoms with E-state index >= 15 is 0 Å². The van der Waals surface area contributed by atoms with Crippen molar-refractivity contribution in [3.05, 3.63) is 0 Å². The first-order valence-corrected chi connectivity index (χ1v) is 5.98. The Kier molecular flexibility index (Phi) is 2.64. The monoisotopic (exact) mass is 181 g/mol. The summed E-state index contributed by atoms with van der Waals surface area (Å²) in [7, 11) is 0. The van der Waals surface area contributed by atoms with E-state index in [1.54, 1.807) is 0 Å². The summed E-state index contributed by atoms with van der Waals surface area (Å²) in [5.41, 5.74) is 0.696. The Labute approximate surface area is 82.3 Å². The quantitative estimate of drug-likeness (QED) is 0.706. The molecule has 1 aliphatic carbocycles. The number of hydrogen-bond donors (Lipinski definition) is 1. The van der Waals surface area contributed by atoms with Gasteiger partial charge in [0.15, 0.2) is 0 Å². The molecule has 1 saturated heterocycles. The molecule has 1 heteroatoms. The number of nitrogens with one attached hydrogen (secondary N) is 1. The molecule has 0 radical (unpaired) electrons. The van der Waals surface area contributed by atoms with Crippen molar-refractivity contribution < 1.29 is 0 Å². The summed E-state index contributed by atoms with van der Waals surface area (Å²) in [6.07, 6.45) is 7.23. The molecule has 2 fully saturated rings. The first kappa shape index (κ1) is 9.51. The minimum Gasteiger partial charge on any atom is -0.316 e. The van der Waals surface area contributed by atoms with Crippen LogP contribution in [0.3, 0.4) is 0 Å². The molecule has 0 spiro atoms. The van der Waals surface area contributed by atoms with Crippen molar-refractivity contribution in [2.45, 2.75) is 46.0 Å². The predicted octanol–water partition coefficient (Wildman–Crippen LogP) is 2.81. The zero-order valence-corrected chi connectivity index (χ0v) is 9.10. The van der Waals surface area contributed by atoms with Gasteiger partial charge in [0.25, 0.3) is 0 Å². The van der Waals surface area contributed by atoms with Crippen LogP contribution in [0.5, 0.6) is 0 Å². The van der Waals surface area contributed by atoms with E-state index in [-0.39, 0.29) is 0 Å². The maximum atomic E-state index is 3.56. The van der Waals surface area contributed by atoms with Crippen LogP contribution >= 0.6 is 0 Å². The van der Waals surface area contributed by atoms with Crippen LogP contribution in [0, 0.1) is 17.3 Å². The molecule has 2 atom stereocenters. The molecule has 0 amide bonds. The van der Waals surface area contributed by atoms with Crippen molar-refractivity contribution in [2.75, 3.05) is 13.1 Å². The van der Waals surface area contributed by atoms with Crippen LogP contribution in [0.1, 0.15) is 46.0 Å². The molecule has 76 valence electrons. The van der Waals surface area contributed by atoms with Crippen LogP contribution < -0.4 is 5.32 Å². The molecule has 1 nitrogen and oxygen atoms in total. The molecule has 0 aromatic rings. The second-order valence-electron chi connectivity index (χ2n) is 5.22. The van der Waals surface area contributed by atoms with Crippen LogP contribution in [-0.2, 0) is 0 Å². The summed E-state index contributed by atoms with van der Waals surface area (Å²) in [4.78, 5) is 0. The molecule has 1 N–H and O–H groups in total. The van der Waals surface area contributed by atoms with E-state index in [9.17, 15) is 0 Å². The molecular weight excluding hydrogens is 158 g/mol. The Morgan fingerprint density at radius 2 is 2.15 bits per heavy atom. The molecular formula is C12H23N. The van der Waals surface area contributed by atoms with E-state index in [2.05, 4.69) is 19.2 Å². The molecule has 2 aliphatic rings. The van der Waals surface area contributed by atoms with Gasteiger partial charge in [0.2, 0.25) is 0 Å². The van der Waals surface area contributed by atoms with Gasteiger partial charge in [-0.2, -0.15) is 0 Å². The van der Waals surface area contributed by atoms with Crippen molar-refractivity contribution in [2.24, 2.45) is 17.3 Å². The zero-order valence-electron chi connectivity index (χ0n) is 9.10. The maximum Gasteiger partial charge on any atom is -0.00152 e. The van der Waals surface area contributed by atoms with Crippen LogP contribution in [-0.4, -0.2) is 13.1 Å². The molecule has 2 unspecified atom stereocenters. The fourth-order valence-corrected chi connectivity index (χ4v) is 3.13. The Bertz CT molecular complexity index is 172. The summed E-state index contributed by atoms with van der Waals surface area (Å²) < 4.78 is 0. The van der Waals surface area contributed by atoms with Gasteiger partial charge in [-0.05, 0) is 56.0 Å². The lowest BCUT2D eigenvalue weighted by atomic mass is 9.67. The average Bonchev–Trinajstić information content (AvgIpc) is 2.92. The molecule has 0 aromatic carbocycles. The third-order valence-electron chi connectivity index (χ3n) is 4.31. The smallest absolute Gasteiger partial charge is 0.00152 e. The summed E-state index contributed by atoms with van der Waals surface area (Å²) in [6, 6.07) is 0. The van der Waals surface area contributed by atoms with E-state index in [1.165, 1.54) is 45.2 Å². The average molecular weight is 181 g/mol. The molecule has 13 heavy (non-hydrogen) atoms. The molecule has 1 aliphatic heterocycles. The van der Waals surface area contributed by atoms with Gasteiger partial charge in [-0.15, -0.1) is 0 Å². The molecule has 2 rings (SSSR count). The Morgan fingerprint density at radius 3 is 2.77 bits per heavy atom. The first-order valence-electron chi connectivity index (χ1n) is 5.98. The number of hydrogen-bond acceptors (Lipinski definition) is 1. The van der Waals surface area contributed by atoms with Gasteiger partial charge in [0, 0.05) is 0 Å². The van der Waals surface area contributed by atoms with Crippen LogP contribution in [0.2, 0.25) is 0 Å². The fourth-order valence-electron chi connectivity index (χ4n) is 3.13. The topological polar surface area (TPSA) is 12.0 Å². The highest BCUT2D eigenvalue weighted by Gasteiger charge is 2.46. The second-order valence-corrected chi connectivity index (χ2v) is 5.22. The number of rotatable bonds is 3. The van der Waals surface area contributed by atoms with E-state index < -0.39 is 0 Å². The summed E-state index contributed by atoms with van der Waals surface area (Å²) in [5, 5.41) is 3.56. The Morgan fingerprint density at radius 1 is 1.38 bits per heavy atom. The lowest BCUT2D eigenvalue weighted by molar-refractivity contribution is 0.0936. The highest BCUT2D eigenvalue weighted by Crippen LogP contribution is 2.53. The highest BCUT2D eigenvalue weighted by atomic mass is 14.9. The third-order valence-corrected chi connectivity index (χ3v) is 4.31. The predicted molar refractivity (Wildman–Crippen MR) is 56.7 cm³/mol.